The van der Waals surface area contributed by atoms with Crippen molar-refractivity contribution in [2.45, 2.75) is 12.1 Å². The molecule has 6 heteroatoms. The molecule has 0 aliphatic heterocycles. The lowest BCUT2D eigenvalue weighted by Crippen LogP contribution is -2.27. The van der Waals surface area contributed by atoms with Gasteiger partial charge in [0, 0.05) is 11.1 Å². The summed E-state index contributed by atoms with van der Waals surface area (Å²) in [5.41, 5.74) is 13.1. The second kappa shape index (κ2) is 6.72. The summed E-state index contributed by atoms with van der Waals surface area (Å²) in [6.07, 6.45) is 0. The van der Waals surface area contributed by atoms with Crippen LogP contribution in [0.1, 0.15) is 23.2 Å². The predicted octanol–water partition coefficient (Wildman–Crippen LogP) is 2.68. The first-order valence-electron chi connectivity index (χ1n) is 6.66. The van der Waals surface area contributed by atoms with Gasteiger partial charge in [0.1, 0.15) is 23.1 Å². The van der Waals surface area contributed by atoms with E-state index in [0.29, 0.717) is 22.6 Å². The third-order valence-electron chi connectivity index (χ3n) is 3.49. The van der Waals surface area contributed by atoms with Crippen molar-refractivity contribution in [1.82, 2.24) is 0 Å². The molecule has 0 aliphatic rings. The highest BCUT2D eigenvalue weighted by atomic mass is 19.1. The molecule has 0 radical (unpaired) electrons. The number of hydrogen-bond donors (Lipinski definition) is 2. The normalized spacial score (nSPS) is 13.5. The molecule has 4 N–H and O–H groups in total. The summed E-state index contributed by atoms with van der Waals surface area (Å²) in [6, 6.07) is 6.42. The van der Waals surface area contributed by atoms with Gasteiger partial charge in [-0.1, -0.05) is 0 Å². The van der Waals surface area contributed by atoms with Crippen molar-refractivity contribution in [2.24, 2.45) is 11.5 Å². The Bertz CT molecular complexity index is 607. The van der Waals surface area contributed by atoms with E-state index < -0.39 is 23.7 Å². The van der Waals surface area contributed by atoms with Gasteiger partial charge in [0.2, 0.25) is 0 Å². The Kier molecular flexibility index (Phi) is 4.95. The fourth-order valence-corrected chi connectivity index (χ4v) is 2.32. The van der Waals surface area contributed by atoms with E-state index in [2.05, 4.69) is 0 Å². The van der Waals surface area contributed by atoms with E-state index in [4.69, 9.17) is 20.9 Å². The highest BCUT2D eigenvalue weighted by molar-refractivity contribution is 5.42. The Morgan fingerprint density at radius 1 is 0.773 bits per heavy atom. The lowest BCUT2D eigenvalue weighted by molar-refractivity contribution is 0.389. The zero-order valence-corrected chi connectivity index (χ0v) is 12.3. The van der Waals surface area contributed by atoms with E-state index in [0.717, 1.165) is 0 Å². The quantitative estimate of drug-likeness (QED) is 0.891. The Labute approximate surface area is 127 Å². The minimum atomic E-state index is -0.790. The van der Waals surface area contributed by atoms with Gasteiger partial charge in [-0.25, -0.2) is 8.78 Å². The van der Waals surface area contributed by atoms with Crippen molar-refractivity contribution in [1.29, 1.82) is 0 Å². The molecule has 0 aliphatic carbocycles. The predicted molar refractivity (Wildman–Crippen MR) is 79.8 cm³/mol. The summed E-state index contributed by atoms with van der Waals surface area (Å²) in [4.78, 5) is 0. The average molecular weight is 308 g/mol. The first-order chi connectivity index (χ1) is 10.5. The van der Waals surface area contributed by atoms with Crippen LogP contribution in [0.25, 0.3) is 0 Å². The molecule has 2 atom stereocenters. The number of halogens is 2. The van der Waals surface area contributed by atoms with Crippen LogP contribution in [0.4, 0.5) is 8.78 Å². The van der Waals surface area contributed by atoms with Gasteiger partial charge in [0.25, 0.3) is 0 Å². The van der Waals surface area contributed by atoms with E-state index in [1.54, 1.807) is 0 Å². The van der Waals surface area contributed by atoms with Crippen LogP contribution < -0.4 is 20.9 Å². The second-order valence-electron chi connectivity index (χ2n) is 4.82. The maximum atomic E-state index is 13.5. The maximum absolute atomic E-state index is 13.5. The van der Waals surface area contributed by atoms with Gasteiger partial charge in [0.05, 0.1) is 26.3 Å². The van der Waals surface area contributed by atoms with E-state index in [1.165, 1.54) is 50.6 Å². The topological polar surface area (TPSA) is 70.5 Å². The molecule has 2 aromatic carbocycles. The van der Waals surface area contributed by atoms with E-state index in [-0.39, 0.29) is 0 Å². The van der Waals surface area contributed by atoms with Gasteiger partial charge in [-0.15, -0.1) is 0 Å². The maximum Gasteiger partial charge on any atom is 0.123 e. The number of nitrogens with two attached hydrogens (primary N) is 2. The second-order valence-corrected chi connectivity index (χ2v) is 4.82. The minimum Gasteiger partial charge on any atom is -0.496 e. The molecule has 0 heterocycles. The summed E-state index contributed by atoms with van der Waals surface area (Å²) >= 11 is 0. The third-order valence-corrected chi connectivity index (χ3v) is 3.49. The summed E-state index contributed by atoms with van der Waals surface area (Å²) in [5.74, 6) is -0.0752. The smallest absolute Gasteiger partial charge is 0.123 e. The lowest BCUT2D eigenvalue weighted by Gasteiger charge is -2.24. The van der Waals surface area contributed by atoms with Crippen molar-refractivity contribution in [3.05, 3.63) is 59.2 Å². The number of methoxy groups -OCH3 is 2. The zero-order valence-electron chi connectivity index (χ0n) is 12.3. The molecule has 0 amide bonds. The van der Waals surface area contributed by atoms with E-state index in [1.807, 2.05) is 0 Å². The number of benzene rings is 2. The van der Waals surface area contributed by atoms with E-state index >= 15 is 0 Å². The van der Waals surface area contributed by atoms with Gasteiger partial charge in [-0.3, -0.25) is 0 Å². The minimum absolute atomic E-state index is 0.404. The van der Waals surface area contributed by atoms with Gasteiger partial charge in [0.15, 0.2) is 0 Å². The van der Waals surface area contributed by atoms with Crippen LogP contribution in [0.15, 0.2) is 36.4 Å². The first kappa shape index (κ1) is 16.2. The first-order valence-corrected chi connectivity index (χ1v) is 6.66. The number of hydrogen-bond acceptors (Lipinski definition) is 4. The molecule has 0 aromatic heterocycles. The SMILES string of the molecule is COc1ccc(F)cc1C(N)C(N)c1cc(F)ccc1OC. The molecule has 0 bridgehead atoms. The molecule has 118 valence electrons. The van der Waals surface area contributed by atoms with Gasteiger partial charge in [-0.05, 0) is 36.4 Å². The Morgan fingerprint density at radius 2 is 1.14 bits per heavy atom. The van der Waals surface area contributed by atoms with Crippen LogP contribution in [-0.4, -0.2) is 14.2 Å². The van der Waals surface area contributed by atoms with Crippen LogP contribution in [0.2, 0.25) is 0 Å². The molecule has 22 heavy (non-hydrogen) atoms. The highest BCUT2D eigenvalue weighted by Gasteiger charge is 2.24. The molecule has 0 saturated heterocycles. The molecule has 0 fully saturated rings. The van der Waals surface area contributed by atoms with Gasteiger partial charge >= 0.3 is 0 Å². The van der Waals surface area contributed by atoms with Crippen LogP contribution >= 0.6 is 0 Å². The standard InChI is InChI=1S/C16H18F2N2O2/c1-21-13-5-3-9(17)7-11(13)15(19)16(20)12-8-10(18)4-6-14(12)22-2/h3-8,15-16H,19-20H2,1-2H3. The summed E-state index contributed by atoms with van der Waals surface area (Å²) < 4.78 is 37.3. The highest BCUT2D eigenvalue weighted by Crippen LogP contribution is 2.35. The molecular formula is C16H18F2N2O2. The van der Waals surface area contributed by atoms with Crippen LogP contribution in [0.5, 0.6) is 11.5 Å². The molecule has 2 unspecified atom stereocenters. The Hall–Kier alpha value is -2.18. The Balaban J connectivity index is 2.43. The van der Waals surface area contributed by atoms with Crippen molar-refractivity contribution < 1.29 is 18.3 Å². The van der Waals surface area contributed by atoms with Crippen molar-refractivity contribution >= 4 is 0 Å². The largest absolute Gasteiger partial charge is 0.496 e. The fraction of sp³-hybridized carbons (Fsp3) is 0.250. The molecule has 2 aromatic rings. The monoisotopic (exact) mass is 308 g/mol. The van der Waals surface area contributed by atoms with Crippen LogP contribution in [0, 0.1) is 11.6 Å². The molecular weight excluding hydrogens is 290 g/mol. The van der Waals surface area contributed by atoms with Gasteiger partial charge in [-0.2, -0.15) is 0 Å². The Morgan fingerprint density at radius 3 is 1.45 bits per heavy atom. The zero-order chi connectivity index (χ0) is 16.3. The molecule has 0 spiro atoms. The molecule has 4 nitrogen and oxygen atoms in total. The lowest BCUT2D eigenvalue weighted by atomic mass is 9.93. The molecule has 2 rings (SSSR count). The number of rotatable bonds is 5. The number of ether oxygens (including phenoxy) is 2. The van der Waals surface area contributed by atoms with E-state index in [9.17, 15) is 8.78 Å². The average Bonchev–Trinajstić information content (AvgIpc) is 2.53. The van der Waals surface area contributed by atoms with Crippen LogP contribution in [-0.2, 0) is 0 Å². The van der Waals surface area contributed by atoms with Crippen molar-refractivity contribution in [3.63, 3.8) is 0 Å². The third kappa shape index (κ3) is 3.18. The van der Waals surface area contributed by atoms with Gasteiger partial charge < -0.3 is 20.9 Å². The van der Waals surface area contributed by atoms with Crippen LogP contribution in [0.3, 0.4) is 0 Å². The van der Waals surface area contributed by atoms with Crippen molar-refractivity contribution in [2.75, 3.05) is 14.2 Å². The summed E-state index contributed by atoms with van der Waals surface area (Å²) in [7, 11) is 2.91. The summed E-state index contributed by atoms with van der Waals surface area (Å²) in [6.45, 7) is 0. The molecule has 0 saturated carbocycles. The van der Waals surface area contributed by atoms with Crippen molar-refractivity contribution in [3.8, 4) is 11.5 Å². The fourth-order valence-electron chi connectivity index (χ4n) is 2.32. The summed E-state index contributed by atoms with van der Waals surface area (Å²) in [5, 5.41) is 0.